The summed E-state index contributed by atoms with van der Waals surface area (Å²) >= 11 is 0. The van der Waals surface area contributed by atoms with Gasteiger partial charge < -0.3 is 5.11 Å². The van der Waals surface area contributed by atoms with E-state index in [1.165, 1.54) is 57.8 Å². The minimum Gasteiger partial charge on any atom is -0.393 e. The van der Waals surface area contributed by atoms with Crippen LogP contribution in [0.5, 0.6) is 0 Å². The summed E-state index contributed by atoms with van der Waals surface area (Å²) in [5.41, 5.74) is 5.81. The molecule has 170 valence electrons. The molecule has 0 radical (unpaired) electrons. The second-order valence-corrected chi connectivity index (χ2v) is 12.4. The van der Waals surface area contributed by atoms with Crippen molar-refractivity contribution in [2.45, 2.75) is 118 Å². The largest absolute Gasteiger partial charge is 0.393 e. The molecule has 4 aliphatic rings. The Labute approximate surface area is 186 Å². The third-order valence-electron chi connectivity index (χ3n) is 10.9. The molecular formula is C29H48O. The Morgan fingerprint density at radius 1 is 1.10 bits per heavy atom. The van der Waals surface area contributed by atoms with Gasteiger partial charge in [0.05, 0.1) is 6.10 Å². The van der Waals surface area contributed by atoms with E-state index in [0.29, 0.717) is 10.8 Å². The maximum Gasteiger partial charge on any atom is 0.0577 e. The minimum absolute atomic E-state index is 0.0831. The number of allylic oxidation sites excluding steroid dienone is 3. The summed E-state index contributed by atoms with van der Waals surface area (Å²) in [6.07, 6.45) is 16.7. The molecule has 30 heavy (non-hydrogen) atoms. The second-order valence-electron chi connectivity index (χ2n) is 12.4. The number of rotatable bonds is 5. The Hall–Kier alpha value is -0.560. The smallest absolute Gasteiger partial charge is 0.0577 e. The Balaban J connectivity index is 1.49. The summed E-state index contributed by atoms with van der Waals surface area (Å²) < 4.78 is 0. The van der Waals surface area contributed by atoms with Crippen molar-refractivity contribution in [2.75, 3.05) is 0 Å². The molecule has 3 fully saturated rings. The van der Waals surface area contributed by atoms with E-state index in [-0.39, 0.29) is 6.10 Å². The van der Waals surface area contributed by atoms with Gasteiger partial charge >= 0.3 is 0 Å². The van der Waals surface area contributed by atoms with Gasteiger partial charge in [-0.25, -0.2) is 0 Å². The monoisotopic (exact) mass is 413 g/mol. The molecule has 0 aromatic carbocycles. The summed E-state index contributed by atoms with van der Waals surface area (Å²) in [5.74, 6) is 4.47. The first-order valence-electron chi connectivity index (χ1n) is 13.2. The predicted octanol–water partition coefficient (Wildman–Crippen LogP) is 8.09. The van der Waals surface area contributed by atoms with Gasteiger partial charge in [0.15, 0.2) is 0 Å². The van der Waals surface area contributed by atoms with Gasteiger partial charge in [-0.05, 0) is 125 Å². The maximum atomic E-state index is 10.2. The van der Waals surface area contributed by atoms with Gasteiger partial charge in [0.1, 0.15) is 0 Å². The van der Waals surface area contributed by atoms with Crippen LogP contribution in [0.15, 0.2) is 22.8 Å². The molecule has 1 nitrogen and oxygen atoms in total. The molecule has 0 unspecified atom stereocenters. The lowest BCUT2D eigenvalue weighted by molar-refractivity contribution is -0.0571. The van der Waals surface area contributed by atoms with Crippen LogP contribution in [0.4, 0.5) is 0 Å². The highest BCUT2D eigenvalue weighted by atomic mass is 16.3. The lowest BCUT2D eigenvalue weighted by atomic mass is 9.47. The molecule has 1 N–H and O–H groups in total. The highest BCUT2D eigenvalue weighted by Gasteiger charge is 2.59. The van der Waals surface area contributed by atoms with Crippen LogP contribution in [0.3, 0.4) is 0 Å². The van der Waals surface area contributed by atoms with Crippen LogP contribution in [0, 0.1) is 40.4 Å². The number of fused-ring (bicyclic) bond motifs is 5. The topological polar surface area (TPSA) is 20.2 Å². The molecule has 0 aromatic heterocycles. The first-order chi connectivity index (χ1) is 14.2. The molecule has 0 aliphatic heterocycles. The molecule has 0 heterocycles. The SMILES string of the molecule is CC/C(CC[C@@H](C)[C@H]1CC[C@H]2[C@@H]3CC=C4C[C@@H](O)CC[C@]4(C)[C@H]3CC[C@]12C)=C(\C)[13CH3]. The molecule has 0 aromatic rings. The van der Waals surface area contributed by atoms with Gasteiger partial charge in [-0.15, -0.1) is 0 Å². The fourth-order valence-electron chi connectivity index (χ4n) is 9.00. The van der Waals surface area contributed by atoms with Gasteiger partial charge in [0.2, 0.25) is 0 Å². The lowest BCUT2D eigenvalue weighted by Gasteiger charge is -2.58. The molecule has 8 atom stereocenters. The fourth-order valence-corrected chi connectivity index (χ4v) is 9.00. The second kappa shape index (κ2) is 8.42. The highest BCUT2D eigenvalue weighted by molar-refractivity contribution is 5.25. The normalized spacial score (nSPS) is 45.0. The Morgan fingerprint density at radius 2 is 1.87 bits per heavy atom. The van der Waals surface area contributed by atoms with Crippen molar-refractivity contribution in [2.24, 2.45) is 40.4 Å². The van der Waals surface area contributed by atoms with Gasteiger partial charge in [-0.2, -0.15) is 0 Å². The van der Waals surface area contributed by atoms with E-state index < -0.39 is 0 Å². The molecule has 4 rings (SSSR count). The van der Waals surface area contributed by atoms with Crippen molar-refractivity contribution in [1.29, 1.82) is 0 Å². The number of hydrogen-bond donors (Lipinski definition) is 1. The van der Waals surface area contributed by atoms with Crippen molar-refractivity contribution in [1.82, 2.24) is 0 Å². The van der Waals surface area contributed by atoms with E-state index >= 15 is 0 Å². The van der Waals surface area contributed by atoms with Crippen LogP contribution in [-0.4, -0.2) is 11.2 Å². The van der Waals surface area contributed by atoms with Crippen molar-refractivity contribution in [3.63, 3.8) is 0 Å². The number of aliphatic hydroxyl groups is 1. The summed E-state index contributed by atoms with van der Waals surface area (Å²) in [4.78, 5) is 0. The van der Waals surface area contributed by atoms with Gasteiger partial charge in [-0.3, -0.25) is 0 Å². The van der Waals surface area contributed by atoms with Gasteiger partial charge in [-0.1, -0.05) is 50.5 Å². The number of aliphatic hydroxyl groups excluding tert-OH is 1. The van der Waals surface area contributed by atoms with Crippen molar-refractivity contribution < 1.29 is 5.11 Å². The third kappa shape index (κ3) is 3.66. The summed E-state index contributed by atoms with van der Waals surface area (Å²) in [6.45, 7) is 14.8. The van der Waals surface area contributed by atoms with E-state index in [4.69, 9.17) is 0 Å². The summed E-state index contributed by atoms with van der Waals surface area (Å²) in [6, 6.07) is 0. The zero-order valence-corrected chi connectivity index (χ0v) is 20.8. The molecule has 0 bridgehead atoms. The maximum absolute atomic E-state index is 10.2. The Kier molecular flexibility index (Phi) is 6.35. The average molecular weight is 414 g/mol. The van der Waals surface area contributed by atoms with E-state index in [1.54, 1.807) is 16.7 Å². The standard InChI is InChI=1S/C29H48O/c1-7-21(19(2)3)9-8-20(4)25-12-13-26-24-11-10-22-18-23(30)14-16-28(22,5)27(24)15-17-29(25,26)6/h10,20,23-27,30H,7-9,11-18H2,1-6H3/t20-,23+,24+,25-,26+,27+,28+,29-/m1/s1/i2+1/b21-19+. The van der Waals surface area contributed by atoms with Crippen molar-refractivity contribution in [3.05, 3.63) is 22.8 Å². The van der Waals surface area contributed by atoms with Crippen LogP contribution in [0.1, 0.15) is 112 Å². The van der Waals surface area contributed by atoms with E-state index in [9.17, 15) is 5.11 Å². The zero-order chi connectivity index (χ0) is 21.7. The van der Waals surface area contributed by atoms with E-state index in [2.05, 4.69) is 47.6 Å². The Morgan fingerprint density at radius 3 is 2.57 bits per heavy atom. The fraction of sp³-hybridized carbons (Fsp3) is 0.862. The summed E-state index contributed by atoms with van der Waals surface area (Å²) in [7, 11) is 0. The van der Waals surface area contributed by atoms with Gasteiger partial charge in [0, 0.05) is 0 Å². The van der Waals surface area contributed by atoms with Crippen LogP contribution < -0.4 is 0 Å². The Bertz CT molecular complexity index is 697. The van der Waals surface area contributed by atoms with E-state index in [0.717, 1.165) is 42.4 Å². The summed E-state index contributed by atoms with van der Waals surface area (Å²) in [5, 5.41) is 10.2. The quantitative estimate of drug-likeness (QED) is 0.356. The average Bonchev–Trinajstić information content (AvgIpc) is 3.06. The first kappa shape index (κ1) is 22.6. The number of hydrogen-bond acceptors (Lipinski definition) is 1. The minimum atomic E-state index is -0.0831. The lowest BCUT2D eigenvalue weighted by Crippen LogP contribution is -2.50. The third-order valence-corrected chi connectivity index (χ3v) is 10.9. The molecule has 0 amide bonds. The highest BCUT2D eigenvalue weighted by Crippen LogP contribution is 2.67. The van der Waals surface area contributed by atoms with Crippen LogP contribution in [0.2, 0.25) is 0 Å². The predicted molar refractivity (Wildman–Crippen MR) is 128 cm³/mol. The van der Waals surface area contributed by atoms with E-state index in [1.807, 2.05) is 0 Å². The molecule has 0 saturated heterocycles. The molecule has 3 saturated carbocycles. The van der Waals surface area contributed by atoms with Crippen LogP contribution in [0.25, 0.3) is 0 Å². The molecular weight excluding hydrogens is 365 g/mol. The zero-order valence-electron chi connectivity index (χ0n) is 20.8. The van der Waals surface area contributed by atoms with Crippen LogP contribution >= 0.6 is 0 Å². The first-order valence-corrected chi connectivity index (χ1v) is 13.2. The van der Waals surface area contributed by atoms with Gasteiger partial charge in [0.25, 0.3) is 0 Å². The molecule has 1 heteroatoms. The molecule has 4 aliphatic carbocycles. The van der Waals surface area contributed by atoms with Crippen LogP contribution in [-0.2, 0) is 0 Å². The van der Waals surface area contributed by atoms with Crippen molar-refractivity contribution >= 4 is 0 Å². The molecule has 0 spiro atoms. The van der Waals surface area contributed by atoms with Crippen molar-refractivity contribution in [3.8, 4) is 0 Å².